The van der Waals surface area contributed by atoms with Gasteiger partial charge in [-0.05, 0) is 17.5 Å². The van der Waals surface area contributed by atoms with Crippen LogP contribution in [-0.4, -0.2) is 53.6 Å². The maximum absolute atomic E-state index is 12.8. The normalized spacial score (nSPS) is 10.5. The van der Waals surface area contributed by atoms with Crippen LogP contribution in [0.2, 0.25) is 0 Å². The summed E-state index contributed by atoms with van der Waals surface area (Å²) < 4.78 is 1.19. The zero-order valence-corrected chi connectivity index (χ0v) is 19.2. The number of nitrogens with one attached hydrogen (secondary N) is 2. The van der Waals surface area contributed by atoms with Crippen LogP contribution in [0.5, 0.6) is 0 Å². The summed E-state index contributed by atoms with van der Waals surface area (Å²) in [5.41, 5.74) is 6.42. The summed E-state index contributed by atoms with van der Waals surface area (Å²) in [6, 6.07) is 18.4. The Labute approximate surface area is 196 Å². The molecule has 10 heteroatoms. The number of carbonyl (C=O) groups excluding carboxylic acids is 2. The minimum absolute atomic E-state index is 0.126. The Morgan fingerprint density at radius 2 is 1.56 bits per heavy atom. The number of nitrogen functional groups attached to an aromatic ring is 1. The summed E-state index contributed by atoms with van der Waals surface area (Å²) in [5, 5.41) is 2.76. The molecule has 34 heavy (non-hydrogen) atoms. The van der Waals surface area contributed by atoms with Gasteiger partial charge in [-0.25, -0.2) is 9.59 Å². The zero-order valence-electron chi connectivity index (χ0n) is 19.2. The standard InChI is InChI=1S/C24H28N6O4/c1-28(23(33)26-14-13-17-9-5-3-6-10-17)16-19(31)29(2)20-21(25)30(24(34)27-22(20)32)15-18-11-7-4-8-12-18/h3-12H,13-16,25H2,1-2H3,(H,26,33)(H,27,32,34). The molecule has 0 fully saturated rings. The zero-order chi connectivity index (χ0) is 24.7. The molecule has 0 saturated heterocycles. The third-order valence-corrected chi connectivity index (χ3v) is 5.36. The van der Waals surface area contributed by atoms with Gasteiger partial charge in [-0.2, -0.15) is 0 Å². The summed E-state index contributed by atoms with van der Waals surface area (Å²) in [6.45, 7) is 0.250. The molecule has 0 atom stereocenters. The summed E-state index contributed by atoms with van der Waals surface area (Å²) in [4.78, 5) is 54.5. The van der Waals surface area contributed by atoms with Crippen molar-refractivity contribution in [1.29, 1.82) is 0 Å². The number of rotatable bonds is 8. The van der Waals surface area contributed by atoms with E-state index in [1.54, 1.807) is 0 Å². The van der Waals surface area contributed by atoms with Gasteiger partial charge in [0, 0.05) is 20.6 Å². The van der Waals surface area contributed by atoms with Crippen LogP contribution in [0.1, 0.15) is 11.1 Å². The number of benzene rings is 2. The number of hydrogen-bond donors (Lipinski definition) is 3. The lowest BCUT2D eigenvalue weighted by Crippen LogP contribution is -2.46. The van der Waals surface area contributed by atoms with Gasteiger partial charge in [-0.3, -0.25) is 19.1 Å². The van der Waals surface area contributed by atoms with Gasteiger partial charge in [0.1, 0.15) is 12.4 Å². The first-order valence-corrected chi connectivity index (χ1v) is 10.7. The van der Waals surface area contributed by atoms with Crippen molar-refractivity contribution in [1.82, 2.24) is 19.8 Å². The molecule has 2 aromatic carbocycles. The van der Waals surface area contributed by atoms with Gasteiger partial charge in [0.05, 0.1) is 6.54 Å². The first-order valence-electron chi connectivity index (χ1n) is 10.7. The lowest BCUT2D eigenvalue weighted by molar-refractivity contribution is -0.118. The third-order valence-electron chi connectivity index (χ3n) is 5.36. The van der Waals surface area contributed by atoms with Crippen molar-refractivity contribution in [3.63, 3.8) is 0 Å². The number of aromatic amines is 1. The maximum atomic E-state index is 12.8. The second-order valence-electron chi connectivity index (χ2n) is 7.84. The molecule has 4 N–H and O–H groups in total. The molecular weight excluding hydrogens is 436 g/mol. The second-order valence-corrected chi connectivity index (χ2v) is 7.84. The quantitative estimate of drug-likeness (QED) is 0.458. The lowest BCUT2D eigenvalue weighted by Gasteiger charge is -2.23. The van der Waals surface area contributed by atoms with Gasteiger partial charge >= 0.3 is 11.7 Å². The van der Waals surface area contributed by atoms with Crippen LogP contribution >= 0.6 is 0 Å². The van der Waals surface area contributed by atoms with E-state index in [1.165, 1.54) is 23.6 Å². The van der Waals surface area contributed by atoms with Crippen molar-refractivity contribution < 1.29 is 9.59 Å². The molecule has 0 saturated carbocycles. The molecular formula is C24H28N6O4. The fraction of sp³-hybridized carbons (Fsp3) is 0.250. The van der Waals surface area contributed by atoms with Crippen LogP contribution in [0, 0.1) is 0 Å². The highest BCUT2D eigenvalue weighted by atomic mass is 16.2. The SMILES string of the molecule is CN(CC(=O)N(C)c1c(N)n(Cc2ccccc2)c(=O)[nH]c1=O)C(=O)NCCc1ccccc1. The van der Waals surface area contributed by atoms with Crippen molar-refractivity contribution in [2.75, 3.05) is 37.8 Å². The molecule has 0 aliphatic carbocycles. The highest BCUT2D eigenvalue weighted by Gasteiger charge is 2.23. The number of carbonyl (C=O) groups is 2. The van der Waals surface area contributed by atoms with Crippen LogP contribution < -0.4 is 27.2 Å². The van der Waals surface area contributed by atoms with Crippen molar-refractivity contribution in [3.05, 3.63) is 92.6 Å². The predicted octanol–water partition coefficient (Wildman–Crippen LogP) is 1.01. The van der Waals surface area contributed by atoms with E-state index in [2.05, 4.69) is 10.3 Å². The molecule has 0 spiro atoms. The van der Waals surface area contributed by atoms with Gasteiger partial charge in [0.15, 0.2) is 5.69 Å². The first kappa shape index (κ1) is 24.3. The fourth-order valence-electron chi connectivity index (χ4n) is 3.42. The molecule has 0 aliphatic rings. The smallest absolute Gasteiger partial charge is 0.330 e. The van der Waals surface area contributed by atoms with Crippen LogP contribution in [0.3, 0.4) is 0 Å². The average Bonchev–Trinajstić information content (AvgIpc) is 2.82. The van der Waals surface area contributed by atoms with Crippen LogP contribution in [0.25, 0.3) is 0 Å². The molecule has 0 unspecified atom stereocenters. The summed E-state index contributed by atoms with van der Waals surface area (Å²) in [7, 11) is 2.86. The van der Waals surface area contributed by atoms with Crippen LogP contribution in [-0.2, 0) is 17.8 Å². The number of nitrogens with zero attached hydrogens (tertiary/aromatic N) is 3. The molecule has 0 aliphatic heterocycles. The van der Waals surface area contributed by atoms with Crippen molar-refractivity contribution in [2.45, 2.75) is 13.0 Å². The maximum Gasteiger partial charge on any atom is 0.330 e. The van der Waals surface area contributed by atoms with E-state index >= 15 is 0 Å². The minimum Gasteiger partial charge on any atom is -0.383 e. The van der Waals surface area contributed by atoms with Gasteiger partial charge in [0.2, 0.25) is 5.91 Å². The highest BCUT2D eigenvalue weighted by molar-refractivity contribution is 5.97. The van der Waals surface area contributed by atoms with E-state index < -0.39 is 23.2 Å². The van der Waals surface area contributed by atoms with E-state index in [0.29, 0.717) is 13.0 Å². The van der Waals surface area contributed by atoms with Crippen LogP contribution in [0.4, 0.5) is 16.3 Å². The van der Waals surface area contributed by atoms with E-state index in [0.717, 1.165) is 16.0 Å². The summed E-state index contributed by atoms with van der Waals surface area (Å²) in [5.74, 6) is -0.675. The number of likely N-dealkylation sites (N-methyl/N-ethyl adjacent to an activating group) is 2. The molecule has 1 aromatic heterocycles. The van der Waals surface area contributed by atoms with E-state index in [1.807, 2.05) is 60.7 Å². The Balaban J connectivity index is 1.67. The molecule has 0 bridgehead atoms. The largest absolute Gasteiger partial charge is 0.383 e. The van der Waals surface area contributed by atoms with Crippen molar-refractivity contribution >= 4 is 23.4 Å². The lowest BCUT2D eigenvalue weighted by atomic mass is 10.1. The molecule has 10 nitrogen and oxygen atoms in total. The predicted molar refractivity (Wildman–Crippen MR) is 131 cm³/mol. The van der Waals surface area contributed by atoms with E-state index in [4.69, 9.17) is 5.73 Å². The molecule has 1 heterocycles. The van der Waals surface area contributed by atoms with Gasteiger partial charge in [-0.15, -0.1) is 0 Å². The molecule has 0 radical (unpaired) electrons. The monoisotopic (exact) mass is 464 g/mol. The molecule has 3 amide bonds. The number of nitrogens with two attached hydrogens (primary N) is 1. The number of urea groups is 1. The first-order chi connectivity index (χ1) is 16.3. The van der Waals surface area contributed by atoms with Crippen molar-refractivity contribution in [3.8, 4) is 0 Å². The average molecular weight is 465 g/mol. The number of H-pyrrole nitrogens is 1. The highest BCUT2D eigenvalue weighted by Crippen LogP contribution is 2.16. The Morgan fingerprint density at radius 1 is 0.971 bits per heavy atom. The minimum atomic E-state index is -0.780. The number of anilines is 2. The van der Waals surface area contributed by atoms with Gasteiger partial charge in [0.25, 0.3) is 5.56 Å². The third kappa shape index (κ3) is 5.91. The number of aromatic nitrogens is 2. The molecule has 178 valence electrons. The Morgan fingerprint density at radius 3 is 2.18 bits per heavy atom. The molecule has 3 rings (SSSR count). The number of amides is 3. The van der Waals surface area contributed by atoms with Crippen LogP contribution in [0.15, 0.2) is 70.3 Å². The topological polar surface area (TPSA) is 134 Å². The van der Waals surface area contributed by atoms with Gasteiger partial charge in [-0.1, -0.05) is 60.7 Å². The van der Waals surface area contributed by atoms with E-state index in [9.17, 15) is 19.2 Å². The fourth-order valence-corrected chi connectivity index (χ4v) is 3.42. The van der Waals surface area contributed by atoms with Gasteiger partial charge < -0.3 is 20.9 Å². The molecule has 3 aromatic rings. The Hall–Kier alpha value is -4.34. The Bertz CT molecular complexity index is 1250. The second kappa shape index (κ2) is 11.0. The van der Waals surface area contributed by atoms with E-state index in [-0.39, 0.29) is 24.6 Å². The Kier molecular flexibility index (Phi) is 7.86. The summed E-state index contributed by atoms with van der Waals surface area (Å²) >= 11 is 0. The summed E-state index contributed by atoms with van der Waals surface area (Å²) in [6.07, 6.45) is 0.656. The number of hydrogen-bond acceptors (Lipinski definition) is 5. The van der Waals surface area contributed by atoms with Crippen molar-refractivity contribution in [2.24, 2.45) is 0 Å².